The van der Waals surface area contributed by atoms with Crippen molar-refractivity contribution in [3.05, 3.63) is 29.8 Å². The molecular formula is C16H24NO6PS. The number of carbonyl (C=O) groups excluding carboxylic acids is 1. The lowest BCUT2D eigenvalue weighted by molar-refractivity contribution is -0.143. The summed E-state index contributed by atoms with van der Waals surface area (Å²) in [7, 11) is -2.27. The van der Waals surface area contributed by atoms with Gasteiger partial charge in [0.05, 0.1) is 25.4 Å². The van der Waals surface area contributed by atoms with Gasteiger partial charge in [-0.2, -0.15) is 0 Å². The van der Waals surface area contributed by atoms with Gasteiger partial charge in [0.2, 0.25) is 5.66 Å². The molecule has 0 saturated carbocycles. The topological polar surface area (TPSA) is 94.9 Å². The molecule has 1 N–H and O–H groups in total. The average molecular weight is 389 g/mol. The number of carbonyl (C=O) groups is 1. The fourth-order valence-electron chi connectivity index (χ4n) is 1.99. The first-order valence-electron chi connectivity index (χ1n) is 7.72. The summed E-state index contributed by atoms with van der Waals surface area (Å²) < 4.78 is 33.7. The first-order chi connectivity index (χ1) is 11.9. The molecule has 0 amide bonds. The van der Waals surface area contributed by atoms with E-state index in [1.54, 1.807) is 51.5 Å². The SMILES string of the molecule is CCOP(=O)(OCC)[C@H](C(=N)SC)C(=O)OCc1ccc(OC)cc1. The van der Waals surface area contributed by atoms with Gasteiger partial charge in [0.25, 0.3) is 0 Å². The maximum Gasteiger partial charge on any atom is 0.351 e. The molecule has 1 rings (SSSR count). The summed E-state index contributed by atoms with van der Waals surface area (Å²) in [4.78, 5) is 12.5. The molecule has 0 saturated heterocycles. The molecule has 140 valence electrons. The van der Waals surface area contributed by atoms with Crippen LogP contribution < -0.4 is 4.74 Å². The molecule has 0 fully saturated rings. The maximum atomic E-state index is 12.9. The van der Waals surface area contributed by atoms with Crippen molar-refractivity contribution in [3.63, 3.8) is 0 Å². The van der Waals surface area contributed by atoms with Crippen LogP contribution in [0.1, 0.15) is 19.4 Å². The highest BCUT2D eigenvalue weighted by atomic mass is 32.2. The summed E-state index contributed by atoms with van der Waals surface area (Å²) in [5, 5.41) is 7.87. The molecule has 0 aliphatic heterocycles. The number of hydrogen-bond donors (Lipinski definition) is 1. The summed E-state index contributed by atoms with van der Waals surface area (Å²) in [5.74, 6) is -0.116. The second-order valence-electron chi connectivity index (χ2n) is 4.80. The van der Waals surface area contributed by atoms with Crippen molar-refractivity contribution in [3.8, 4) is 5.75 Å². The molecule has 9 heteroatoms. The van der Waals surface area contributed by atoms with Crippen molar-refractivity contribution in [1.82, 2.24) is 0 Å². The van der Waals surface area contributed by atoms with Gasteiger partial charge in [-0.15, -0.1) is 11.8 Å². The number of rotatable bonds is 10. The molecule has 0 radical (unpaired) electrons. The van der Waals surface area contributed by atoms with Crippen LogP contribution in [0.4, 0.5) is 0 Å². The molecule has 25 heavy (non-hydrogen) atoms. The van der Waals surface area contributed by atoms with E-state index in [4.69, 9.17) is 23.9 Å². The van der Waals surface area contributed by atoms with Gasteiger partial charge in [-0.25, -0.2) is 0 Å². The third-order valence-electron chi connectivity index (χ3n) is 3.17. The highest BCUT2D eigenvalue weighted by Gasteiger charge is 2.45. The minimum absolute atomic E-state index is 0.0146. The Morgan fingerprint density at radius 3 is 2.20 bits per heavy atom. The van der Waals surface area contributed by atoms with E-state index in [0.717, 1.165) is 17.3 Å². The molecule has 1 aromatic rings. The van der Waals surface area contributed by atoms with Gasteiger partial charge in [-0.05, 0) is 37.8 Å². The maximum absolute atomic E-state index is 12.9. The average Bonchev–Trinajstić information content (AvgIpc) is 2.60. The third kappa shape index (κ3) is 6.15. The Hall–Kier alpha value is -1.34. The predicted molar refractivity (Wildman–Crippen MR) is 98.7 cm³/mol. The second kappa shape index (κ2) is 10.6. The van der Waals surface area contributed by atoms with E-state index >= 15 is 0 Å². The second-order valence-corrected chi connectivity index (χ2v) is 7.76. The molecule has 1 atom stereocenters. The molecule has 7 nitrogen and oxygen atoms in total. The van der Waals surface area contributed by atoms with E-state index in [2.05, 4.69) is 0 Å². The van der Waals surface area contributed by atoms with Gasteiger partial charge in [-0.3, -0.25) is 14.8 Å². The zero-order valence-electron chi connectivity index (χ0n) is 14.8. The molecule has 0 aliphatic rings. The first-order valence-corrected chi connectivity index (χ1v) is 10.6. The van der Waals surface area contributed by atoms with Crippen LogP contribution in [0.3, 0.4) is 0 Å². The number of benzene rings is 1. The highest BCUT2D eigenvalue weighted by molar-refractivity contribution is 8.14. The summed E-state index contributed by atoms with van der Waals surface area (Å²) in [6.07, 6.45) is 1.62. The number of esters is 1. The van der Waals surface area contributed by atoms with E-state index in [-0.39, 0.29) is 24.9 Å². The summed E-state index contributed by atoms with van der Waals surface area (Å²) >= 11 is 1.00. The van der Waals surface area contributed by atoms with Crippen LogP contribution in [-0.2, 0) is 29.8 Å². The van der Waals surface area contributed by atoms with E-state index in [9.17, 15) is 9.36 Å². The van der Waals surface area contributed by atoms with E-state index in [1.807, 2.05) is 0 Å². The Kier molecular flexibility index (Phi) is 9.21. The molecule has 0 spiro atoms. The van der Waals surface area contributed by atoms with Crippen molar-refractivity contribution in [2.75, 3.05) is 26.6 Å². The van der Waals surface area contributed by atoms with Gasteiger partial charge in [0.15, 0.2) is 0 Å². The zero-order chi connectivity index (χ0) is 18.9. The minimum atomic E-state index is -3.83. The van der Waals surface area contributed by atoms with Gasteiger partial charge < -0.3 is 18.5 Å². The molecule has 0 aliphatic carbocycles. The standard InChI is InChI=1S/C16H24NO6PS/c1-5-22-24(19,23-6-2)14(15(17)25-4)16(18)21-11-12-7-9-13(20-3)10-8-12/h7-10,14,17H,5-6,11H2,1-4H3/t14-/m1/s1. The smallest absolute Gasteiger partial charge is 0.351 e. The molecule has 1 aromatic carbocycles. The normalized spacial score (nSPS) is 12.5. The number of thioether (sulfide) groups is 1. The zero-order valence-corrected chi connectivity index (χ0v) is 16.5. The van der Waals surface area contributed by atoms with Gasteiger partial charge >= 0.3 is 13.6 Å². The van der Waals surface area contributed by atoms with E-state index < -0.39 is 19.2 Å². The Balaban J connectivity index is 2.92. The Bertz CT molecular complexity index is 612. The largest absolute Gasteiger partial charge is 0.497 e. The van der Waals surface area contributed by atoms with Crippen molar-refractivity contribution < 1.29 is 27.9 Å². The fourth-order valence-corrected chi connectivity index (χ4v) is 4.73. The van der Waals surface area contributed by atoms with Crippen LogP contribution in [0.2, 0.25) is 0 Å². The molecule has 0 aromatic heterocycles. The van der Waals surface area contributed by atoms with Gasteiger partial charge in [-0.1, -0.05) is 12.1 Å². The molecule has 0 bridgehead atoms. The van der Waals surface area contributed by atoms with E-state index in [0.29, 0.717) is 5.75 Å². The number of methoxy groups -OCH3 is 1. The van der Waals surface area contributed by atoms with Crippen molar-refractivity contribution in [1.29, 1.82) is 5.41 Å². The summed E-state index contributed by atoms with van der Waals surface area (Å²) in [6.45, 7) is 3.48. The monoisotopic (exact) mass is 389 g/mol. The predicted octanol–water partition coefficient (Wildman–Crippen LogP) is 3.71. The molecular weight excluding hydrogens is 365 g/mol. The van der Waals surface area contributed by atoms with Gasteiger partial charge in [0.1, 0.15) is 12.4 Å². The van der Waals surface area contributed by atoms with E-state index in [1.165, 1.54) is 0 Å². The van der Waals surface area contributed by atoms with Crippen LogP contribution in [0.15, 0.2) is 24.3 Å². The van der Waals surface area contributed by atoms with Crippen LogP contribution in [0.25, 0.3) is 0 Å². The van der Waals surface area contributed by atoms with Crippen molar-refractivity contribution >= 4 is 30.4 Å². The molecule has 0 heterocycles. The minimum Gasteiger partial charge on any atom is -0.497 e. The number of ether oxygens (including phenoxy) is 2. The fraction of sp³-hybridized carbons (Fsp3) is 0.500. The Morgan fingerprint density at radius 1 is 1.20 bits per heavy atom. The summed E-state index contributed by atoms with van der Waals surface area (Å²) in [6, 6.07) is 7.00. The Morgan fingerprint density at radius 2 is 1.76 bits per heavy atom. The van der Waals surface area contributed by atoms with Crippen molar-refractivity contribution in [2.45, 2.75) is 26.1 Å². The summed E-state index contributed by atoms with van der Waals surface area (Å²) in [5.41, 5.74) is -0.646. The third-order valence-corrected chi connectivity index (χ3v) is 6.35. The lowest BCUT2D eigenvalue weighted by Gasteiger charge is -2.24. The Labute approximate surface area is 152 Å². The number of nitrogens with one attached hydrogen (secondary N) is 1. The quantitative estimate of drug-likeness (QED) is 0.282. The number of hydrogen-bond acceptors (Lipinski definition) is 8. The highest BCUT2D eigenvalue weighted by Crippen LogP contribution is 2.54. The van der Waals surface area contributed by atoms with Gasteiger partial charge in [0, 0.05) is 0 Å². The molecule has 0 unspecified atom stereocenters. The van der Waals surface area contributed by atoms with Crippen LogP contribution in [0, 0.1) is 5.41 Å². The van der Waals surface area contributed by atoms with Crippen LogP contribution in [-0.4, -0.2) is 43.3 Å². The lowest BCUT2D eigenvalue weighted by atomic mass is 10.2. The lowest BCUT2D eigenvalue weighted by Crippen LogP contribution is -2.31. The van der Waals surface area contributed by atoms with Crippen LogP contribution in [0.5, 0.6) is 5.75 Å². The van der Waals surface area contributed by atoms with Crippen molar-refractivity contribution in [2.24, 2.45) is 0 Å². The first kappa shape index (κ1) is 21.7. The van der Waals surface area contributed by atoms with Crippen LogP contribution >= 0.6 is 19.4 Å².